The average Bonchev–Trinajstić information content (AvgIpc) is 3.02. The van der Waals surface area contributed by atoms with Crippen LogP contribution in [-0.4, -0.2) is 37.3 Å². The van der Waals surface area contributed by atoms with Gasteiger partial charge in [0.1, 0.15) is 0 Å². The van der Waals surface area contributed by atoms with Gasteiger partial charge >= 0.3 is 0 Å². The maximum atomic E-state index is 13.1. The van der Waals surface area contributed by atoms with Gasteiger partial charge in [0, 0.05) is 30.4 Å². The first-order valence-electron chi connectivity index (χ1n) is 6.09. The minimum absolute atomic E-state index is 0.0347. The molecule has 9 heteroatoms. The Kier molecular flexibility index (Phi) is 2.96. The molecule has 7 nitrogen and oxygen atoms in total. The highest BCUT2D eigenvalue weighted by atomic mass is 19.3. The van der Waals surface area contributed by atoms with Gasteiger partial charge in [-0.1, -0.05) is 0 Å². The van der Waals surface area contributed by atoms with Gasteiger partial charge in [-0.25, -0.2) is 13.3 Å². The van der Waals surface area contributed by atoms with Crippen LogP contribution in [0.3, 0.4) is 0 Å². The summed E-state index contributed by atoms with van der Waals surface area (Å²) >= 11 is 0. The van der Waals surface area contributed by atoms with E-state index in [1.54, 1.807) is 24.7 Å². The molecule has 0 radical (unpaired) electrons. The summed E-state index contributed by atoms with van der Waals surface area (Å²) in [7, 11) is 0. The molecule has 21 heavy (non-hydrogen) atoms. The van der Waals surface area contributed by atoms with E-state index >= 15 is 0 Å². The third-order valence-electron chi connectivity index (χ3n) is 2.76. The van der Waals surface area contributed by atoms with Gasteiger partial charge in [-0.2, -0.15) is 10.1 Å². The van der Waals surface area contributed by atoms with Crippen LogP contribution in [0.5, 0.6) is 5.75 Å². The highest BCUT2D eigenvalue weighted by molar-refractivity contribution is 5.77. The quantitative estimate of drug-likeness (QED) is 0.764. The maximum absolute atomic E-state index is 13.1. The first-order chi connectivity index (χ1) is 9.94. The smallest absolute Gasteiger partial charge is 0.278 e. The number of H-pyrrole nitrogens is 1. The lowest BCUT2D eigenvalue weighted by molar-refractivity contribution is -0.0225. The van der Waals surface area contributed by atoms with Crippen LogP contribution >= 0.6 is 0 Å². The number of halogens is 2. The number of ether oxygens (including phenoxy) is 1. The Hall–Kier alpha value is -2.71. The van der Waals surface area contributed by atoms with E-state index in [9.17, 15) is 8.78 Å². The molecule has 0 unspecified atom stereocenters. The van der Waals surface area contributed by atoms with Crippen molar-refractivity contribution in [3.05, 3.63) is 24.7 Å². The van der Waals surface area contributed by atoms with Crippen molar-refractivity contribution in [1.29, 1.82) is 0 Å². The molecule has 3 aromatic heterocycles. The van der Waals surface area contributed by atoms with Crippen molar-refractivity contribution in [1.82, 2.24) is 24.8 Å². The number of nitrogens with zero attached hydrogens (tertiary/aromatic N) is 4. The number of hydrogen-bond donors (Lipinski definition) is 2. The molecule has 0 aromatic carbocycles. The van der Waals surface area contributed by atoms with E-state index in [4.69, 9.17) is 10.5 Å². The van der Waals surface area contributed by atoms with Crippen molar-refractivity contribution in [2.24, 2.45) is 0 Å². The van der Waals surface area contributed by atoms with Gasteiger partial charge in [0.25, 0.3) is 5.92 Å². The van der Waals surface area contributed by atoms with E-state index in [2.05, 4.69) is 20.3 Å². The molecular formula is C12H12F2N6O. The molecule has 0 saturated carbocycles. The summed E-state index contributed by atoms with van der Waals surface area (Å²) in [6.07, 6.45) is 4.81. The number of aromatic nitrogens is 5. The third kappa shape index (κ3) is 2.62. The molecule has 3 rings (SSSR count). The lowest BCUT2D eigenvalue weighted by Gasteiger charge is -2.14. The first-order valence-corrected chi connectivity index (χ1v) is 6.09. The monoisotopic (exact) mass is 294 g/mol. The Bertz CT molecular complexity index is 762. The molecule has 3 heterocycles. The predicted octanol–water partition coefficient (Wildman–Crippen LogP) is 1.74. The molecule has 0 amide bonds. The summed E-state index contributed by atoms with van der Waals surface area (Å²) in [4.78, 5) is 4.01. The van der Waals surface area contributed by atoms with Crippen LogP contribution in [0.15, 0.2) is 24.7 Å². The zero-order valence-electron chi connectivity index (χ0n) is 11.0. The van der Waals surface area contributed by atoms with Gasteiger partial charge in [0.05, 0.1) is 6.20 Å². The minimum Gasteiger partial charge on any atom is -0.483 e. The van der Waals surface area contributed by atoms with Crippen molar-refractivity contribution in [2.75, 3.05) is 12.3 Å². The zero-order chi connectivity index (χ0) is 15.0. The number of nitrogens with one attached hydrogen (secondary N) is 1. The number of rotatable bonds is 4. The highest BCUT2D eigenvalue weighted by Crippen LogP contribution is 2.33. The Balaban J connectivity index is 2.13. The topological polar surface area (TPSA) is 94.1 Å². The van der Waals surface area contributed by atoms with Gasteiger partial charge in [-0.05, 0) is 6.07 Å². The number of hydrogen-bond acceptors (Lipinski definition) is 5. The van der Waals surface area contributed by atoms with Gasteiger partial charge < -0.3 is 10.5 Å². The molecule has 0 fully saturated rings. The van der Waals surface area contributed by atoms with E-state index in [0.29, 0.717) is 11.1 Å². The van der Waals surface area contributed by atoms with Crippen LogP contribution in [0, 0.1) is 0 Å². The fourth-order valence-electron chi connectivity index (χ4n) is 1.91. The van der Waals surface area contributed by atoms with Crippen molar-refractivity contribution >= 4 is 11.6 Å². The molecule has 0 aliphatic carbocycles. The van der Waals surface area contributed by atoms with E-state index in [-0.39, 0.29) is 17.3 Å². The van der Waals surface area contributed by atoms with E-state index in [1.807, 2.05) is 0 Å². The Morgan fingerprint density at radius 3 is 2.95 bits per heavy atom. The van der Waals surface area contributed by atoms with Gasteiger partial charge in [-0.15, -0.1) is 5.10 Å². The molecule has 3 aromatic rings. The summed E-state index contributed by atoms with van der Waals surface area (Å²) in [6, 6.07) is 1.68. The molecule has 0 aliphatic heterocycles. The summed E-state index contributed by atoms with van der Waals surface area (Å²) < 4.78 is 32.8. The number of pyridine rings is 1. The van der Waals surface area contributed by atoms with Crippen LogP contribution in [0.25, 0.3) is 16.8 Å². The molecule has 0 atom stereocenters. The molecule has 0 saturated heterocycles. The molecule has 0 aliphatic rings. The minimum atomic E-state index is -2.97. The molecule has 110 valence electrons. The Morgan fingerprint density at radius 2 is 2.29 bits per heavy atom. The first kappa shape index (κ1) is 13.3. The zero-order valence-corrected chi connectivity index (χ0v) is 11.0. The normalized spacial score (nSPS) is 12.0. The standard InChI is InChI=1S/C12H12F2N6O/c1-12(13,14)6-21-9-8(7-4-16-17-5-7)2-3-20-10(9)18-11(15)19-20/h2-5H,6H2,1H3,(H2,15,19)(H,16,17). The van der Waals surface area contributed by atoms with Gasteiger partial charge in [0.2, 0.25) is 5.95 Å². The van der Waals surface area contributed by atoms with Crippen molar-refractivity contribution in [2.45, 2.75) is 12.8 Å². The number of aromatic amines is 1. The van der Waals surface area contributed by atoms with E-state index in [0.717, 1.165) is 6.92 Å². The van der Waals surface area contributed by atoms with Gasteiger partial charge in [0.15, 0.2) is 18.0 Å². The summed E-state index contributed by atoms with van der Waals surface area (Å²) in [5, 5.41) is 10.4. The van der Waals surface area contributed by atoms with Crippen molar-refractivity contribution in [3.63, 3.8) is 0 Å². The van der Waals surface area contributed by atoms with Crippen LogP contribution in [-0.2, 0) is 0 Å². The largest absolute Gasteiger partial charge is 0.483 e. The van der Waals surface area contributed by atoms with Crippen molar-refractivity contribution < 1.29 is 13.5 Å². The fourth-order valence-corrected chi connectivity index (χ4v) is 1.91. The second kappa shape index (κ2) is 4.69. The summed E-state index contributed by atoms with van der Waals surface area (Å²) in [6.45, 7) is 0.00707. The Morgan fingerprint density at radius 1 is 1.48 bits per heavy atom. The highest BCUT2D eigenvalue weighted by Gasteiger charge is 2.24. The van der Waals surface area contributed by atoms with Crippen LogP contribution in [0.1, 0.15) is 6.92 Å². The molecular weight excluding hydrogens is 282 g/mol. The van der Waals surface area contributed by atoms with Crippen molar-refractivity contribution in [3.8, 4) is 16.9 Å². The number of nitrogen functional groups attached to an aromatic ring is 1. The number of nitrogens with two attached hydrogens (primary N) is 1. The molecule has 0 spiro atoms. The molecule has 0 bridgehead atoms. The third-order valence-corrected chi connectivity index (χ3v) is 2.76. The summed E-state index contributed by atoms with van der Waals surface area (Å²) in [5.41, 5.74) is 7.08. The maximum Gasteiger partial charge on any atom is 0.278 e. The lowest BCUT2D eigenvalue weighted by atomic mass is 10.1. The SMILES string of the molecule is CC(F)(F)COc1c(-c2cn[nH]c2)ccn2nc(N)nc12. The molecule has 3 N–H and O–H groups in total. The van der Waals surface area contributed by atoms with E-state index in [1.165, 1.54) is 4.52 Å². The second-order valence-corrected chi connectivity index (χ2v) is 4.64. The number of fused-ring (bicyclic) bond motifs is 1. The number of anilines is 1. The van der Waals surface area contributed by atoms with E-state index < -0.39 is 12.5 Å². The Labute approximate surface area is 117 Å². The fraction of sp³-hybridized carbons (Fsp3) is 0.250. The van der Waals surface area contributed by atoms with Crippen LogP contribution in [0.4, 0.5) is 14.7 Å². The number of alkyl halides is 2. The van der Waals surface area contributed by atoms with Gasteiger partial charge in [-0.3, -0.25) is 5.10 Å². The van der Waals surface area contributed by atoms with Crippen LogP contribution < -0.4 is 10.5 Å². The predicted molar refractivity (Wildman–Crippen MR) is 71.1 cm³/mol. The van der Waals surface area contributed by atoms with Crippen LogP contribution in [0.2, 0.25) is 0 Å². The average molecular weight is 294 g/mol. The lowest BCUT2D eigenvalue weighted by Crippen LogP contribution is -2.21. The summed E-state index contributed by atoms with van der Waals surface area (Å²) in [5.74, 6) is -2.75. The second-order valence-electron chi connectivity index (χ2n) is 4.64.